The number of nitrogens with one attached hydrogen (secondary N) is 1. The fourth-order valence-electron chi connectivity index (χ4n) is 4.06. The van der Waals surface area contributed by atoms with Crippen LogP contribution in [-0.4, -0.2) is 42.0 Å². The molecule has 1 aromatic carbocycles. The molecular formula is C18H23N3OS. The number of carbonyl (C=O) groups is 1. The number of amides is 1. The first kappa shape index (κ1) is 15.1. The Kier molecular flexibility index (Phi) is 4.31. The van der Waals surface area contributed by atoms with Gasteiger partial charge in [-0.15, -0.1) is 11.3 Å². The molecule has 0 aliphatic carbocycles. The summed E-state index contributed by atoms with van der Waals surface area (Å²) in [5.74, 6) is 1.86. The molecule has 0 unspecified atom stereocenters. The molecule has 1 aromatic heterocycles. The maximum absolute atomic E-state index is 12.7. The topological polar surface area (TPSA) is 45.2 Å². The molecule has 5 heteroatoms. The SMILES string of the molecule is O=C(c1ccc2ncsc2c1)N1CCC(C2CCNCC2)CC1. The Morgan fingerprint density at radius 2 is 1.87 bits per heavy atom. The van der Waals surface area contributed by atoms with Gasteiger partial charge < -0.3 is 10.2 Å². The minimum absolute atomic E-state index is 0.184. The number of fused-ring (bicyclic) bond motifs is 1. The van der Waals surface area contributed by atoms with Gasteiger partial charge in [-0.3, -0.25) is 4.79 Å². The van der Waals surface area contributed by atoms with E-state index in [0.717, 1.165) is 40.7 Å². The number of benzene rings is 1. The van der Waals surface area contributed by atoms with Crippen LogP contribution >= 0.6 is 11.3 Å². The first-order valence-electron chi connectivity index (χ1n) is 8.64. The summed E-state index contributed by atoms with van der Waals surface area (Å²) in [5, 5.41) is 3.45. The van der Waals surface area contributed by atoms with Gasteiger partial charge in [-0.05, 0) is 68.8 Å². The van der Waals surface area contributed by atoms with Gasteiger partial charge in [0.1, 0.15) is 0 Å². The van der Waals surface area contributed by atoms with E-state index in [1.165, 1.54) is 38.8 Å². The average Bonchev–Trinajstić information content (AvgIpc) is 3.10. The smallest absolute Gasteiger partial charge is 0.253 e. The van der Waals surface area contributed by atoms with Crippen molar-refractivity contribution in [2.24, 2.45) is 11.8 Å². The third kappa shape index (κ3) is 3.12. The summed E-state index contributed by atoms with van der Waals surface area (Å²) >= 11 is 1.60. The third-order valence-corrected chi connectivity index (χ3v) is 6.25. The van der Waals surface area contributed by atoms with Crippen LogP contribution in [0.15, 0.2) is 23.7 Å². The maximum atomic E-state index is 12.7. The van der Waals surface area contributed by atoms with Crippen molar-refractivity contribution in [3.8, 4) is 0 Å². The van der Waals surface area contributed by atoms with Gasteiger partial charge in [0.05, 0.1) is 15.7 Å². The highest BCUT2D eigenvalue weighted by atomic mass is 32.1. The Morgan fingerprint density at radius 1 is 1.13 bits per heavy atom. The summed E-state index contributed by atoms with van der Waals surface area (Å²) in [5.41, 5.74) is 3.63. The molecule has 0 saturated carbocycles. The minimum Gasteiger partial charge on any atom is -0.339 e. The van der Waals surface area contributed by atoms with Crippen molar-refractivity contribution < 1.29 is 4.79 Å². The number of hydrogen-bond acceptors (Lipinski definition) is 4. The lowest BCUT2D eigenvalue weighted by atomic mass is 9.79. The standard InChI is InChI=1S/C18H23N3OS/c22-18(15-1-2-16-17(11-15)23-12-20-16)21-9-5-14(6-10-21)13-3-7-19-8-4-13/h1-2,11-14,19H,3-10H2. The lowest BCUT2D eigenvalue weighted by Gasteiger charge is -2.37. The van der Waals surface area contributed by atoms with Gasteiger partial charge in [-0.2, -0.15) is 0 Å². The van der Waals surface area contributed by atoms with E-state index in [1.54, 1.807) is 11.3 Å². The van der Waals surface area contributed by atoms with Crippen LogP contribution in [0.5, 0.6) is 0 Å². The van der Waals surface area contributed by atoms with Crippen molar-refractivity contribution in [2.75, 3.05) is 26.2 Å². The van der Waals surface area contributed by atoms with Crippen LogP contribution in [0.1, 0.15) is 36.0 Å². The second-order valence-corrected chi connectivity index (χ2v) is 7.64. The van der Waals surface area contributed by atoms with Crippen LogP contribution in [0, 0.1) is 11.8 Å². The van der Waals surface area contributed by atoms with Crippen molar-refractivity contribution >= 4 is 27.5 Å². The van der Waals surface area contributed by atoms with Crippen molar-refractivity contribution in [1.82, 2.24) is 15.2 Å². The quantitative estimate of drug-likeness (QED) is 0.920. The van der Waals surface area contributed by atoms with Crippen molar-refractivity contribution in [1.29, 1.82) is 0 Å². The molecule has 0 radical (unpaired) electrons. The summed E-state index contributed by atoms with van der Waals surface area (Å²) in [6.45, 7) is 4.15. The molecule has 2 aromatic rings. The van der Waals surface area contributed by atoms with Crippen molar-refractivity contribution in [3.63, 3.8) is 0 Å². The van der Waals surface area contributed by atoms with Crippen LogP contribution in [0.2, 0.25) is 0 Å². The predicted molar refractivity (Wildman–Crippen MR) is 93.8 cm³/mol. The Hall–Kier alpha value is -1.46. The zero-order valence-corrected chi connectivity index (χ0v) is 14.1. The molecule has 0 atom stereocenters. The molecule has 23 heavy (non-hydrogen) atoms. The molecule has 1 amide bonds. The number of likely N-dealkylation sites (tertiary alicyclic amines) is 1. The summed E-state index contributed by atoms with van der Waals surface area (Å²) in [6, 6.07) is 5.87. The van der Waals surface area contributed by atoms with E-state index >= 15 is 0 Å². The molecule has 4 rings (SSSR count). The second-order valence-electron chi connectivity index (χ2n) is 6.75. The molecule has 1 N–H and O–H groups in total. The van der Waals surface area contributed by atoms with Crippen molar-refractivity contribution in [2.45, 2.75) is 25.7 Å². The summed E-state index contributed by atoms with van der Waals surface area (Å²) < 4.78 is 1.10. The van der Waals surface area contributed by atoms with E-state index in [1.807, 2.05) is 28.6 Å². The van der Waals surface area contributed by atoms with Crippen LogP contribution in [0.3, 0.4) is 0 Å². The van der Waals surface area contributed by atoms with E-state index in [9.17, 15) is 4.79 Å². The summed E-state index contributed by atoms with van der Waals surface area (Å²) in [6.07, 6.45) is 4.94. The number of aromatic nitrogens is 1. The number of carbonyl (C=O) groups excluding carboxylic acids is 1. The number of piperidine rings is 2. The number of hydrogen-bond donors (Lipinski definition) is 1. The monoisotopic (exact) mass is 329 g/mol. The van der Waals surface area contributed by atoms with Crippen LogP contribution < -0.4 is 5.32 Å². The second kappa shape index (κ2) is 6.57. The molecule has 0 bridgehead atoms. The minimum atomic E-state index is 0.184. The maximum Gasteiger partial charge on any atom is 0.253 e. The van der Waals surface area contributed by atoms with Gasteiger partial charge in [0, 0.05) is 18.7 Å². The summed E-state index contributed by atoms with van der Waals surface area (Å²) in [4.78, 5) is 19.1. The molecule has 0 spiro atoms. The third-order valence-electron chi connectivity index (χ3n) is 5.46. The fourth-order valence-corrected chi connectivity index (χ4v) is 4.78. The van der Waals surface area contributed by atoms with Gasteiger partial charge in [0.2, 0.25) is 0 Å². The van der Waals surface area contributed by atoms with Gasteiger partial charge in [-0.1, -0.05) is 0 Å². The van der Waals surface area contributed by atoms with E-state index in [-0.39, 0.29) is 5.91 Å². The Morgan fingerprint density at radius 3 is 2.65 bits per heavy atom. The van der Waals surface area contributed by atoms with Crippen LogP contribution in [0.25, 0.3) is 10.2 Å². The highest BCUT2D eigenvalue weighted by Gasteiger charge is 2.29. The zero-order chi connectivity index (χ0) is 15.6. The van der Waals surface area contributed by atoms with Gasteiger partial charge in [-0.25, -0.2) is 4.98 Å². The first-order valence-corrected chi connectivity index (χ1v) is 9.52. The Bertz CT molecular complexity index is 684. The first-order chi connectivity index (χ1) is 11.3. The van der Waals surface area contributed by atoms with E-state index in [0.29, 0.717) is 0 Å². The van der Waals surface area contributed by atoms with Crippen LogP contribution in [0.4, 0.5) is 0 Å². The Labute approximate surface area is 140 Å². The predicted octanol–water partition coefficient (Wildman–Crippen LogP) is 3.15. The van der Waals surface area contributed by atoms with Gasteiger partial charge in [0.15, 0.2) is 0 Å². The molecule has 3 heterocycles. The number of nitrogens with zero attached hydrogens (tertiary/aromatic N) is 2. The normalized spacial score (nSPS) is 21.0. The largest absolute Gasteiger partial charge is 0.339 e. The zero-order valence-electron chi connectivity index (χ0n) is 13.3. The number of rotatable bonds is 2. The molecule has 122 valence electrons. The number of thiazole rings is 1. The average molecular weight is 329 g/mol. The lowest BCUT2D eigenvalue weighted by molar-refractivity contribution is 0.0642. The molecule has 4 nitrogen and oxygen atoms in total. The van der Waals surface area contributed by atoms with E-state index in [2.05, 4.69) is 10.3 Å². The molecule has 2 aliphatic heterocycles. The summed E-state index contributed by atoms with van der Waals surface area (Å²) in [7, 11) is 0. The molecule has 2 fully saturated rings. The highest BCUT2D eigenvalue weighted by molar-refractivity contribution is 7.16. The van der Waals surface area contributed by atoms with Crippen LogP contribution in [-0.2, 0) is 0 Å². The van der Waals surface area contributed by atoms with Crippen molar-refractivity contribution in [3.05, 3.63) is 29.3 Å². The highest BCUT2D eigenvalue weighted by Crippen LogP contribution is 2.31. The molecule has 2 saturated heterocycles. The molecule has 2 aliphatic rings. The van der Waals surface area contributed by atoms with Gasteiger partial charge in [0.25, 0.3) is 5.91 Å². The van der Waals surface area contributed by atoms with E-state index in [4.69, 9.17) is 0 Å². The fraction of sp³-hybridized carbons (Fsp3) is 0.556. The lowest BCUT2D eigenvalue weighted by Crippen LogP contribution is -2.42. The Balaban J connectivity index is 1.40. The molecular weight excluding hydrogens is 306 g/mol. The van der Waals surface area contributed by atoms with Gasteiger partial charge >= 0.3 is 0 Å². The van der Waals surface area contributed by atoms with E-state index < -0.39 is 0 Å².